The minimum atomic E-state index is -0.765. The number of hydrogen-bond acceptors (Lipinski definition) is 4. The van der Waals surface area contributed by atoms with Gasteiger partial charge in [0.15, 0.2) is 6.10 Å². The first kappa shape index (κ1) is 14.6. The topological polar surface area (TPSA) is 59.3 Å². The number of carbonyl (C=O) groups is 1. The number of aryl methyl sites for hydroxylation is 1. The Kier molecular flexibility index (Phi) is 4.57. The zero-order valence-electron chi connectivity index (χ0n) is 11.9. The van der Waals surface area contributed by atoms with Gasteiger partial charge in [0.05, 0.1) is 5.56 Å². The van der Waals surface area contributed by atoms with Gasteiger partial charge in [-0.15, -0.1) is 0 Å². The minimum absolute atomic E-state index is 0.240. The van der Waals surface area contributed by atoms with Crippen LogP contribution in [0.15, 0.2) is 48.5 Å². The van der Waals surface area contributed by atoms with E-state index in [1.54, 1.807) is 37.3 Å². The second kappa shape index (κ2) is 6.58. The zero-order chi connectivity index (χ0) is 15.2. The van der Waals surface area contributed by atoms with Gasteiger partial charge in [-0.25, -0.2) is 4.79 Å². The number of rotatable bonds is 4. The Morgan fingerprint density at radius 2 is 1.95 bits per heavy atom. The first-order chi connectivity index (χ1) is 10.1. The molecule has 0 saturated heterocycles. The van der Waals surface area contributed by atoms with Crippen molar-refractivity contribution in [3.8, 4) is 17.6 Å². The van der Waals surface area contributed by atoms with E-state index in [4.69, 9.17) is 14.7 Å². The first-order valence-electron chi connectivity index (χ1n) is 6.54. The van der Waals surface area contributed by atoms with Gasteiger partial charge >= 0.3 is 5.97 Å². The van der Waals surface area contributed by atoms with Crippen LogP contribution in [0.1, 0.15) is 18.1 Å². The Morgan fingerprint density at radius 3 is 2.67 bits per heavy atom. The third kappa shape index (κ3) is 3.83. The highest BCUT2D eigenvalue weighted by molar-refractivity contribution is 5.77. The first-order valence-corrected chi connectivity index (χ1v) is 6.54. The molecular formula is C17H15NO3. The van der Waals surface area contributed by atoms with E-state index in [1.165, 1.54) is 0 Å². The van der Waals surface area contributed by atoms with Crippen LogP contribution in [-0.4, -0.2) is 12.1 Å². The number of esters is 1. The predicted octanol–water partition coefficient (Wildman–Crippen LogP) is 3.24. The largest absolute Gasteiger partial charge is 0.479 e. The Labute approximate surface area is 123 Å². The molecule has 0 aromatic heterocycles. The van der Waals surface area contributed by atoms with Gasteiger partial charge in [-0.2, -0.15) is 5.26 Å². The van der Waals surface area contributed by atoms with Crippen LogP contribution in [0, 0.1) is 18.3 Å². The molecule has 0 radical (unpaired) electrons. The van der Waals surface area contributed by atoms with Crippen LogP contribution in [0.2, 0.25) is 0 Å². The van der Waals surface area contributed by atoms with Crippen molar-refractivity contribution in [1.29, 1.82) is 5.26 Å². The molecule has 106 valence electrons. The van der Waals surface area contributed by atoms with Crippen LogP contribution in [0.4, 0.5) is 0 Å². The van der Waals surface area contributed by atoms with E-state index in [-0.39, 0.29) is 5.75 Å². The van der Waals surface area contributed by atoms with E-state index in [0.717, 1.165) is 5.56 Å². The Balaban J connectivity index is 2.05. The normalized spacial score (nSPS) is 11.3. The maximum atomic E-state index is 12.0. The van der Waals surface area contributed by atoms with Gasteiger partial charge in [0.2, 0.25) is 0 Å². The molecule has 0 spiro atoms. The fraction of sp³-hybridized carbons (Fsp3) is 0.176. The highest BCUT2D eigenvalue weighted by Crippen LogP contribution is 2.19. The smallest absolute Gasteiger partial charge is 0.352 e. The van der Waals surface area contributed by atoms with Crippen LogP contribution in [-0.2, 0) is 4.79 Å². The molecule has 0 heterocycles. The molecule has 21 heavy (non-hydrogen) atoms. The van der Waals surface area contributed by atoms with Crippen LogP contribution in [0.25, 0.3) is 0 Å². The number of benzene rings is 2. The van der Waals surface area contributed by atoms with Gasteiger partial charge in [0.1, 0.15) is 17.6 Å². The van der Waals surface area contributed by atoms with Crippen LogP contribution in [0.3, 0.4) is 0 Å². The monoisotopic (exact) mass is 281 g/mol. The third-order valence-electron chi connectivity index (χ3n) is 2.85. The minimum Gasteiger partial charge on any atom is -0.479 e. The Bertz CT molecular complexity index is 688. The van der Waals surface area contributed by atoms with Crippen molar-refractivity contribution in [2.75, 3.05) is 0 Å². The van der Waals surface area contributed by atoms with Crippen LogP contribution < -0.4 is 9.47 Å². The molecule has 2 rings (SSSR count). The maximum absolute atomic E-state index is 12.0. The van der Waals surface area contributed by atoms with Crippen molar-refractivity contribution in [3.63, 3.8) is 0 Å². The van der Waals surface area contributed by atoms with Crippen LogP contribution >= 0.6 is 0 Å². The number of carbonyl (C=O) groups excluding carboxylic acids is 1. The van der Waals surface area contributed by atoms with Gasteiger partial charge in [0.25, 0.3) is 0 Å². The number of ether oxygens (including phenoxy) is 2. The van der Waals surface area contributed by atoms with Crippen molar-refractivity contribution in [2.45, 2.75) is 20.0 Å². The van der Waals surface area contributed by atoms with Gasteiger partial charge in [-0.1, -0.05) is 24.3 Å². The van der Waals surface area contributed by atoms with Gasteiger partial charge in [-0.05, 0) is 43.7 Å². The Morgan fingerprint density at radius 1 is 1.19 bits per heavy atom. The fourth-order valence-corrected chi connectivity index (χ4v) is 1.78. The molecule has 0 aliphatic rings. The number of para-hydroxylation sites is 1. The highest BCUT2D eigenvalue weighted by atomic mass is 16.6. The average Bonchev–Trinajstić information content (AvgIpc) is 2.47. The molecule has 0 aliphatic carbocycles. The van der Waals surface area contributed by atoms with E-state index in [9.17, 15) is 4.79 Å². The van der Waals surface area contributed by atoms with Gasteiger partial charge < -0.3 is 9.47 Å². The second-order valence-corrected chi connectivity index (χ2v) is 4.61. The van der Waals surface area contributed by atoms with E-state index < -0.39 is 12.1 Å². The lowest BCUT2D eigenvalue weighted by molar-refractivity contribution is -0.141. The molecule has 4 nitrogen and oxygen atoms in total. The summed E-state index contributed by atoms with van der Waals surface area (Å²) < 4.78 is 10.8. The quantitative estimate of drug-likeness (QED) is 0.637. The summed E-state index contributed by atoms with van der Waals surface area (Å²) in [5.41, 5.74) is 1.36. The Hall–Kier alpha value is -2.80. The highest BCUT2D eigenvalue weighted by Gasteiger charge is 2.18. The molecule has 0 N–H and O–H groups in total. The lowest BCUT2D eigenvalue weighted by Gasteiger charge is -2.14. The summed E-state index contributed by atoms with van der Waals surface area (Å²) >= 11 is 0. The molecule has 0 amide bonds. The van der Waals surface area contributed by atoms with Crippen LogP contribution in [0.5, 0.6) is 11.5 Å². The molecule has 0 fully saturated rings. The average molecular weight is 281 g/mol. The molecule has 2 aromatic carbocycles. The van der Waals surface area contributed by atoms with E-state index in [0.29, 0.717) is 11.3 Å². The fourth-order valence-electron chi connectivity index (χ4n) is 1.78. The molecule has 2 aromatic rings. The molecule has 0 saturated carbocycles. The molecular weight excluding hydrogens is 266 g/mol. The van der Waals surface area contributed by atoms with Crippen molar-refractivity contribution >= 4 is 5.97 Å². The van der Waals surface area contributed by atoms with Gasteiger partial charge in [0, 0.05) is 0 Å². The summed E-state index contributed by atoms with van der Waals surface area (Å²) in [6.45, 7) is 3.55. The summed E-state index contributed by atoms with van der Waals surface area (Å²) in [5, 5.41) is 8.96. The van der Waals surface area contributed by atoms with E-state index in [2.05, 4.69) is 0 Å². The zero-order valence-corrected chi connectivity index (χ0v) is 11.9. The lowest BCUT2D eigenvalue weighted by Crippen LogP contribution is -2.28. The van der Waals surface area contributed by atoms with Crippen molar-refractivity contribution in [1.82, 2.24) is 0 Å². The molecule has 4 heteroatoms. The summed E-state index contributed by atoms with van der Waals surface area (Å²) in [6, 6.07) is 16.0. The molecule has 0 unspecified atom stereocenters. The predicted molar refractivity (Wildman–Crippen MR) is 78.1 cm³/mol. The molecule has 1 atom stereocenters. The summed E-state index contributed by atoms with van der Waals surface area (Å²) in [4.78, 5) is 12.0. The van der Waals surface area contributed by atoms with E-state index >= 15 is 0 Å². The van der Waals surface area contributed by atoms with Crippen molar-refractivity contribution < 1.29 is 14.3 Å². The SMILES string of the molecule is Cc1cccc(O[C@H](C)C(=O)Oc2ccccc2C#N)c1. The second-order valence-electron chi connectivity index (χ2n) is 4.61. The lowest BCUT2D eigenvalue weighted by atomic mass is 10.2. The van der Waals surface area contributed by atoms with Gasteiger partial charge in [-0.3, -0.25) is 0 Å². The number of nitrogens with zero attached hydrogens (tertiary/aromatic N) is 1. The number of hydrogen-bond donors (Lipinski definition) is 0. The molecule has 0 aliphatic heterocycles. The summed E-state index contributed by atoms with van der Waals surface area (Å²) in [5.74, 6) is 0.303. The van der Waals surface area contributed by atoms with Crippen molar-refractivity contribution in [3.05, 3.63) is 59.7 Å². The maximum Gasteiger partial charge on any atom is 0.352 e. The van der Waals surface area contributed by atoms with E-state index in [1.807, 2.05) is 31.2 Å². The third-order valence-corrected chi connectivity index (χ3v) is 2.85. The summed E-state index contributed by atoms with van der Waals surface area (Å²) in [7, 11) is 0. The summed E-state index contributed by atoms with van der Waals surface area (Å²) in [6.07, 6.45) is -0.765. The van der Waals surface area contributed by atoms with Crippen molar-refractivity contribution in [2.24, 2.45) is 0 Å². The molecule has 0 bridgehead atoms. The number of nitriles is 1. The standard InChI is InChI=1S/C17H15NO3/c1-12-6-5-8-15(10-12)20-13(2)17(19)21-16-9-4-3-7-14(16)11-18/h3-10,13H,1-2H3/t13-/m1/s1.